The highest BCUT2D eigenvalue weighted by atomic mass is 16.3. The molecule has 0 saturated carbocycles. The molecule has 1 atom stereocenters. The summed E-state index contributed by atoms with van der Waals surface area (Å²) >= 11 is 0. The Labute approximate surface area is 161 Å². The number of rotatable bonds is 6. The summed E-state index contributed by atoms with van der Waals surface area (Å²) in [5.41, 5.74) is 2.83. The van der Waals surface area contributed by atoms with E-state index in [1.54, 1.807) is 36.5 Å². The minimum absolute atomic E-state index is 0.131. The second kappa shape index (κ2) is 8.35. The summed E-state index contributed by atoms with van der Waals surface area (Å²) in [5.74, 6) is 0.379. The molecule has 1 aromatic carbocycles. The molecule has 0 spiro atoms. The van der Waals surface area contributed by atoms with Crippen molar-refractivity contribution in [1.82, 2.24) is 20.1 Å². The Morgan fingerprint density at radius 3 is 2.82 bits per heavy atom. The van der Waals surface area contributed by atoms with Gasteiger partial charge in [-0.05, 0) is 54.6 Å². The Balaban J connectivity index is 1.87. The average molecular weight is 377 g/mol. The second-order valence-corrected chi connectivity index (χ2v) is 6.07. The predicted molar refractivity (Wildman–Crippen MR) is 103 cm³/mol. The number of benzene rings is 1. The van der Waals surface area contributed by atoms with Crippen LogP contribution in [0.15, 0.2) is 59.8 Å². The number of H-pyrrole nitrogens is 1. The number of hydrogen-bond acceptors (Lipinski definition) is 6. The summed E-state index contributed by atoms with van der Waals surface area (Å²) < 4.78 is 1.31. The van der Waals surface area contributed by atoms with Gasteiger partial charge in [0, 0.05) is 18.0 Å². The molecule has 0 amide bonds. The zero-order chi connectivity index (χ0) is 20.1. The fourth-order valence-corrected chi connectivity index (χ4v) is 2.77. The molecule has 2 aromatic heterocycles. The van der Waals surface area contributed by atoms with Crippen LogP contribution >= 0.6 is 0 Å². The normalized spacial score (nSPS) is 12.1. The van der Waals surface area contributed by atoms with Gasteiger partial charge >= 0.3 is 0 Å². The number of nitrogens with zero attached hydrogens (tertiary/aromatic N) is 3. The van der Waals surface area contributed by atoms with Crippen LogP contribution in [0.1, 0.15) is 22.9 Å². The van der Waals surface area contributed by atoms with Crippen LogP contribution in [0.2, 0.25) is 0 Å². The van der Waals surface area contributed by atoms with Gasteiger partial charge < -0.3 is 15.5 Å². The molecule has 2 heterocycles. The third kappa shape index (κ3) is 3.86. The number of pyridine rings is 1. The Kier molecular flexibility index (Phi) is 5.69. The van der Waals surface area contributed by atoms with Crippen LogP contribution in [0.25, 0.3) is 16.9 Å². The summed E-state index contributed by atoms with van der Waals surface area (Å²) in [6, 6.07) is 10.5. The summed E-state index contributed by atoms with van der Waals surface area (Å²) in [5, 5.41) is 33.3. The topological polar surface area (TPSA) is 127 Å². The van der Waals surface area contributed by atoms with Crippen molar-refractivity contribution >= 4 is 0 Å². The van der Waals surface area contributed by atoms with Gasteiger partial charge in [-0.3, -0.25) is 9.89 Å². The van der Waals surface area contributed by atoms with E-state index < -0.39 is 6.23 Å². The first-order valence-electron chi connectivity index (χ1n) is 8.53. The minimum atomic E-state index is -0.985. The number of aromatic amines is 1. The van der Waals surface area contributed by atoms with E-state index in [1.165, 1.54) is 23.2 Å². The van der Waals surface area contributed by atoms with Crippen LogP contribution in [0.5, 0.6) is 0 Å². The number of aryl methyl sites for hydroxylation is 1. The van der Waals surface area contributed by atoms with Crippen LogP contribution in [-0.2, 0) is 0 Å². The summed E-state index contributed by atoms with van der Waals surface area (Å²) in [6.07, 6.45) is 4.97. The maximum atomic E-state index is 12.8. The lowest BCUT2D eigenvalue weighted by Crippen LogP contribution is -2.18. The second-order valence-electron chi connectivity index (χ2n) is 6.07. The maximum Gasteiger partial charge on any atom is 0.280 e. The number of nitriles is 1. The fourth-order valence-electron chi connectivity index (χ4n) is 2.77. The van der Waals surface area contributed by atoms with E-state index in [-0.39, 0.29) is 12.2 Å². The van der Waals surface area contributed by atoms with E-state index in [9.17, 15) is 9.90 Å². The first-order valence-corrected chi connectivity index (χ1v) is 8.53. The van der Waals surface area contributed by atoms with Crippen molar-refractivity contribution in [3.05, 3.63) is 82.0 Å². The predicted octanol–water partition coefficient (Wildman–Crippen LogP) is 1.49. The first kappa shape index (κ1) is 19.1. The highest BCUT2D eigenvalue weighted by Gasteiger charge is 2.14. The lowest BCUT2D eigenvalue weighted by molar-refractivity contribution is 0.155. The van der Waals surface area contributed by atoms with Gasteiger partial charge in [0.2, 0.25) is 0 Å². The Morgan fingerprint density at radius 2 is 2.18 bits per heavy atom. The van der Waals surface area contributed by atoms with Gasteiger partial charge in [-0.2, -0.15) is 5.26 Å². The van der Waals surface area contributed by atoms with Crippen LogP contribution in [0.4, 0.5) is 0 Å². The van der Waals surface area contributed by atoms with Gasteiger partial charge in [-0.25, -0.2) is 9.67 Å². The molecule has 28 heavy (non-hydrogen) atoms. The summed E-state index contributed by atoms with van der Waals surface area (Å²) in [7, 11) is 0. The molecule has 8 heteroatoms. The van der Waals surface area contributed by atoms with E-state index in [1.807, 2.05) is 6.92 Å². The molecule has 0 aliphatic rings. The highest BCUT2D eigenvalue weighted by molar-refractivity contribution is 5.67. The average Bonchev–Trinajstić information content (AvgIpc) is 3.09. The molecule has 1 unspecified atom stereocenters. The first-order chi connectivity index (χ1) is 13.5. The van der Waals surface area contributed by atoms with Gasteiger partial charge in [-0.15, -0.1) is 0 Å². The zero-order valence-corrected chi connectivity index (χ0v) is 15.1. The monoisotopic (exact) mass is 377 g/mol. The standard InChI is InChI=1S/C20H19N5O3/c1-13-9-14(10-21)3-5-16(13)17-12-24-25(20(17)28)18-6-4-15(11-23-18)19(27)22-7-2-8-26/h2-7,9,11-12,19,22,24,26-27H,8H2,1H3/b7-2+. The van der Waals surface area contributed by atoms with Crippen molar-refractivity contribution in [2.24, 2.45) is 0 Å². The number of nitrogens with one attached hydrogen (secondary N) is 2. The van der Waals surface area contributed by atoms with Gasteiger partial charge in [-0.1, -0.05) is 6.07 Å². The lowest BCUT2D eigenvalue weighted by Gasteiger charge is -2.11. The van der Waals surface area contributed by atoms with Gasteiger partial charge in [0.05, 0.1) is 23.8 Å². The molecule has 142 valence electrons. The SMILES string of the molecule is Cc1cc(C#N)ccc1-c1c[nH]n(-c2ccc(C(O)N/C=C/CO)cn2)c1=O. The van der Waals surface area contributed by atoms with Crippen molar-refractivity contribution < 1.29 is 10.2 Å². The van der Waals surface area contributed by atoms with Crippen molar-refractivity contribution in [3.8, 4) is 23.0 Å². The van der Waals surface area contributed by atoms with Crippen molar-refractivity contribution in [1.29, 1.82) is 5.26 Å². The summed E-state index contributed by atoms with van der Waals surface area (Å²) in [6.45, 7) is 1.72. The third-order valence-corrected chi connectivity index (χ3v) is 4.21. The largest absolute Gasteiger partial charge is 0.392 e. The molecular weight excluding hydrogens is 358 g/mol. The lowest BCUT2D eigenvalue weighted by atomic mass is 10.0. The molecule has 0 radical (unpaired) electrons. The molecule has 3 rings (SSSR count). The summed E-state index contributed by atoms with van der Waals surface area (Å²) in [4.78, 5) is 17.0. The fraction of sp³-hybridized carbons (Fsp3) is 0.150. The van der Waals surface area contributed by atoms with E-state index in [4.69, 9.17) is 10.4 Å². The van der Waals surface area contributed by atoms with Gasteiger partial charge in [0.25, 0.3) is 5.56 Å². The molecule has 0 bridgehead atoms. The van der Waals surface area contributed by atoms with Gasteiger partial charge in [0.1, 0.15) is 0 Å². The molecule has 3 aromatic rings. The van der Waals surface area contributed by atoms with E-state index >= 15 is 0 Å². The minimum Gasteiger partial charge on any atom is -0.392 e. The number of aliphatic hydroxyl groups is 2. The number of aliphatic hydroxyl groups excluding tert-OH is 2. The van der Waals surface area contributed by atoms with Crippen molar-refractivity contribution in [2.75, 3.05) is 6.61 Å². The van der Waals surface area contributed by atoms with E-state index in [0.717, 1.165) is 11.1 Å². The highest BCUT2D eigenvalue weighted by Crippen LogP contribution is 2.21. The van der Waals surface area contributed by atoms with Crippen LogP contribution in [0.3, 0.4) is 0 Å². The zero-order valence-electron chi connectivity index (χ0n) is 15.1. The Bertz CT molecular complexity index is 1090. The molecular formula is C20H19N5O3. The van der Waals surface area contributed by atoms with Crippen LogP contribution in [0, 0.1) is 18.3 Å². The Hall–Kier alpha value is -3.67. The van der Waals surface area contributed by atoms with E-state index in [0.29, 0.717) is 22.5 Å². The van der Waals surface area contributed by atoms with E-state index in [2.05, 4.69) is 21.5 Å². The van der Waals surface area contributed by atoms with Crippen molar-refractivity contribution in [2.45, 2.75) is 13.2 Å². The van der Waals surface area contributed by atoms with Crippen LogP contribution < -0.4 is 10.9 Å². The Morgan fingerprint density at radius 1 is 1.36 bits per heavy atom. The van der Waals surface area contributed by atoms with Crippen LogP contribution in [-0.4, -0.2) is 31.6 Å². The molecule has 0 aliphatic heterocycles. The molecule has 0 fully saturated rings. The van der Waals surface area contributed by atoms with Gasteiger partial charge in [0.15, 0.2) is 12.0 Å². The third-order valence-electron chi connectivity index (χ3n) is 4.21. The molecule has 0 aliphatic carbocycles. The smallest absolute Gasteiger partial charge is 0.280 e. The van der Waals surface area contributed by atoms with Crippen molar-refractivity contribution in [3.63, 3.8) is 0 Å². The maximum absolute atomic E-state index is 12.8. The quantitative estimate of drug-likeness (QED) is 0.482. The molecule has 8 nitrogen and oxygen atoms in total. The number of aromatic nitrogens is 3. The number of hydrogen-bond donors (Lipinski definition) is 4. The molecule has 0 saturated heterocycles. The molecule has 4 N–H and O–H groups in total.